The molecule has 3 unspecified atom stereocenters. The lowest BCUT2D eigenvalue weighted by atomic mass is 9.95. The first kappa shape index (κ1) is 26.9. The number of nitrogens with zero attached hydrogens (tertiary/aromatic N) is 7. The maximum Gasteiger partial charge on any atom is 0.319 e. The normalized spacial score (nSPS) is 26.8. The van der Waals surface area contributed by atoms with Gasteiger partial charge in [0.1, 0.15) is 35.7 Å². The number of anilines is 2. The summed E-state index contributed by atoms with van der Waals surface area (Å²) in [5.74, 6) is 0.205. The number of aromatic nitrogens is 4. The summed E-state index contributed by atoms with van der Waals surface area (Å²) in [6.07, 6.45) is 3.60. The number of nitrogens with one attached hydrogen (secondary N) is 1. The molecule has 4 fully saturated rings. The first-order valence-electron chi connectivity index (χ1n) is 14.8. The molecule has 0 radical (unpaired) electrons. The molecule has 4 saturated heterocycles. The van der Waals surface area contributed by atoms with Crippen LogP contribution < -0.4 is 20.7 Å². The van der Waals surface area contributed by atoms with E-state index in [1.807, 2.05) is 6.92 Å². The number of piperazine rings is 1. The quantitative estimate of drug-likeness (QED) is 0.344. The zero-order chi connectivity index (χ0) is 29.5. The van der Waals surface area contributed by atoms with Crippen LogP contribution in [0, 0.1) is 24.1 Å². The standard InChI is InChI=1S/C30H31F2N9OS/c1-15-22(19-5-6-21(32)26-24(19)37-28(34)43-26)20(10-33)23-25(35-15)27(40-12-17-3-4-18(13-40)36-17)39-29(38-23)42-14-30-7-2-8-41(30)11-16(31)9-30/h5-6,16-18,36H,2-4,7-9,11-14H2,1H3,(H2,34,37)/t16?,17?,18?,30-/m0/s1. The van der Waals surface area contributed by atoms with E-state index in [2.05, 4.69) is 26.2 Å². The number of rotatable bonds is 5. The summed E-state index contributed by atoms with van der Waals surface area (Å²) in [6.45, 7) is 4.90. The van der Waals surface area contributed by atoms with Gasteiger partial charge in [-0.2, -0.15) is 15.2 Å². The van der Waals surface area contributed by atoms with E-state index in [-0.39, 0.29) is 23.3 Å². The van der Waals surface area contributed by atoms with E-state index in [1.54, 1.807) is 6.07 Å². The van der Waals surface area contributed by atoms with Gasteiger partial charge in [0.15, 0.2) is 10.9 Å². The van der Waals surface area contributed by atoms with E-state index in [0.29, 0.717) is 74.5 Å². The molecule has 43 heavy (non-hydrogen) atoms. The summed E-state index contributed by atoms with van der Waals surface area (Å²) in [7, 11) is 0. The van der Waals surface area contributed by atoms with Gasteiger partial charge in [0.2, 0.25) is 0 Å². The Hall–Kier alpha value is -3.73. The minimum absolute atomic E-state index is 0.146. The van der Waals surface area contributed by atoms with Crippen LogP contribution in [0.15, 0.2) is 12.1 Å². The molecule has 3 N–H and O–H groups in total. The molecule has 2 bridgehead atoms. The summed E-state index contributed by atoms with van der Waals surface area (Å²) >= 11 is 1.07. The largest absolute Gasteiger partial charge is 0.461 e. The molecule has 4 aliphatic rings. The fraction of sp³-hybridized carbons (Fsp3) is 0.500. The van der Waals surface area contributed by atoms with Crippen molar-refractivity contribution in [3.8, 4) is 23.2 Å². The van der Waals surface area contributed by atoms with Crippen LogP contribution in [0.1, 0.15) is 43.4 Å². The molecule has 222 valence electrons. The Bertz CT molecular complexity index is 1810. The SMILES string of the molecule is Cc1nc2c(N3CC4CCC(C3)N4)nc(OC[C@@]34CCCN3CC(F)C4)nc2c(C#N)c1-c1ccc(F)c2sc(N)nc12. The van der Waals surface area contributed by atoms with E-state index in [0.717, 1.165) is 56.7 Å². The minimum Gasteiger partial charge on any atom is -0.461 e. The number of aryl methyl sites for hydroxylation is 1. The average molecular weight is 604 g/mol. The van der Waals surface area contributed by atoms with Gasteiger partial charge in [-0.15, -0.1) is 0 Å². The first-order chi connectivity index (χ1) is 20.8. The van der Waals surface area contributed by atoms with Gasteiger partial charge in [0.25, 0.3) is 0 Å². The Labute approximate surface area is 250 Å². The highest BCUT2D eigenvalue weighted by Gasteiger charge is 2.49. The fourth-order valence-corrected chi connectivity index (χ4v) is 8.52. The molecule has 1 aromatic carbocycles. The number of thiazole rings is 1. The molecule has 4 atom stereocenters. The molecule has 10 nitrogen and oxygen atoms in total. The van der Waals surface area contributed by atoms with Crippen molar-refractivity contribution < 1.29 is 13.5 Å². The summed E-state index contributed by atoms with van der Waals surface area (Å²) in [5.41, 5.74) is 8.84. The zero-order valence-electron chi connectivity index (χ0n) is 23.7. The van der Waals surface area contributed by atoms with Crippen LogP contribution in [0.3, 0.4) is 0 Å². The van der Waals surface area contributed by atoms with Gasteiger partial charge >= 0.3 is 6.01 Å². The predicted molar refractivity (Wildman–Crippen MR) is 160 cm³/mol. The molecule has 4 aromatic rings. The van der Waals surface area contributed by atoms with Gasteiger partial charge in [-0.05, 0) is 51.3 Å². The molecule has 8 rings (SSSR count). The molecular formula is C30H31F2N9OS. The van der Waals surface area contributed by atoms with Crippen molar-refractivity contribution in [2.45, 2.75) is 62.8 Å². The Morgan fingerprint density at radius 1 is 1.14 bits per heavy atom. The van der Waals surface area contributed by atoms with Crippen LogP contribution in [0.4, 0.5) is 19.7 Å². The van der Waals surface area contributed by atoms with E-state index in [9.17, 15) is 14.0 Å². The molecule has 13 heteroatoms. The molecule has 4 aliphatic heterocycles. The van der Waals surface area contributed by atoms with Crippen LogP contribution in [0.2, 0.25) is 0 Å². The molecule has 0 aliphatic carbocycles. The lowest BCUT2D eigenvalue weighted by molar-refractivity contribution is 0.107. The fourth-order valence-electron chi connectivity index (χ4n) is 7.76. The lowest BCUT2D eigenvalue weighted by Crippen LogP contribution is -2.51. The van der Waals surface area contributed by atoms with Gasteiger partial charge in [-0.25, -0.2) is 18.7 Å². The third-order valence-electron chi connectivity index (χ3n) is 9.61. The molecule has 7 heterocycles. The summed E-state index contributed by atoms with van der Waals surface area (Å²) in [6, 6.07) is 6.18. The number of benzene rings is 1. The highest BCUT2D eigenvalue weighted by Crippen LogP contribution is 2.42. The van der Waals surface area contributed by atoms with Gasteiger partial charge in [0, 0.05) is 55.0 Å². The van der Waals surface area contributed by atoms with Gasteiger partial charge in [0.05, 0.1) is 21.3 Å². The Balaban J connectivity index is 1.29. The maximum atomic E-state index is 14.7. The second kappa shape index (κ2) is 9.90. The number of ether oxygens (including phenoxy) is 1. The summed E-state index contributed by atoms with van der Waals surface area (Å²) in [5, 5.41) is 14.5. The third-order valence-corrected chi connectivity index (χ3v) is 10.5. The van der Waals surface area contributed by atoms with Gasteiger partial charge in [-0.3, -0.25) is 4.90 Å². The van der Waals surface area contributed by atoms with Gasteiger partial charge in [-0.1, -0.05) is 11.3 Å². The molecular weight excluding hydrogens is 572 g/mol. The first-order valence-corrected chi connectivity index (χ1v) is 15.6. The highest BCUT2D eigenvalue weighted by atomic mass is 32.1. The summed E-state index contributed by atoms with van der Waals surface area (Å²) < 4.78 is 35.8. The van der Waals surface area contributed by atoms with Crippen LogP contribution in [0.25, 0.3) is 32.4 Å². The van der Waals surface area contributed by atoms with Crippen LogP contribution in [-0.2, 0) is 0 Å². The number of nitriles is 1. The maximum absolute atomic E-state index is 14.7. The number of nitrogen functional groups attached to an aromatic ring is 1. The van der Waals surface area contributed by atoms with Crippen LogP contribution in [-0.4, -0.2) is 81.4 Å². The molecule has 3 aromatic heterocycles. The molecule has 0 amide bonds. The predicted octanol–water partition coefficient (Wildman–Crippen LogP) is 4.10. The zero-order valence-corrected chi connectivity index (χ0v) is 24.6. The number of hydrogen-bond donors (Lipinski definition) is 2. The van der Waals surface area contributed by atoms with Crippen molar-refractivity contribution in [3.63, 3.8) is 0 Å². The van der Waals surface area contributed by atoms with E-state index < -0.39 is 12.0 Å². The Kier molecular flexibility index (Phi) is 6.19. The van der Waals surface area contributed by atoms with Gasteiger partial charge < -0.3 is 20.7 Å². The smallest absolute Gasteiger partial charge is 0.319 e. The highest BCUT2D eigenvalue weighted by molar-refractivity contribution is 7.22. The van der Waals surface area contributed by atoms with Crippen molar-refractivity contribution in [3.05, 3.63) is 29.2 Å². The van der Waals surface area contributed by atoms with Crippen molar-refractivity contribution in [1.82, 2.24) is 30.2 Å². The van der Waals surface area contributed by atoms with Crippen molar-refractivity contribution >= 4 is 43.5 Å². The number of hydrogen-bond acceptors (Lipinski definition) is 11. The van der Waals surface area contributed by atoms with Crippen molar-refractivity contribution in [2.75, 3.05) is 43.4 Å². The number of nitrogens with two attached hydrogens (primary N) is 1. The topological polar surface area (TPSA) is 129 Å². The average Bonchev–Trinajstić information content (AvgIpc) is 3.73. The van der Waals surface area contributed by atoms with Crippen molar-refractivity contribution in [2.24, 2.45) is 0 Å². The number of fused-ring (bicyclic) bond motifs is 5. The number of pyridine rings is 1. The second-order valence-corrected chi connectivity index (χ2v) is 13.3. The Morgan fingerprint density at radius 2 is 1.95 bits per heavy atom. The van der Waals surface area contributed by atoms with E-state index in [1.165, 1.54) is 6.07 Å². The third kappa shape index (κ3) is 4.29. The monoisotopic (exact) mass is 603 g/mol. The van der Waals surface area contributed by atoms with E-state index in [4.69, 9.17) is 25.4 Å². The Morgan fingerprint density at radius 3 is 2.74 bits per heavy atom. The van der Waals surface area contributed by atoms with Crippen LogP contribution in [0.5, 0.6) is 6.01 Å². The second-order valence-electron chi connectivity index (χ2n) is 12.3. The molecule has 0 saturated carbocycles. The minimum atomic E-state index is -0.875. The van der Waals surface area contributed by atoms with Crippen LogP contribution >= 0.6 is 11.3 Å². The number of halogens is 2. The van der Waals surface area contributed by atoms with E-state index >= 15 is 0 Å². The lowest BCUT2D eigenvalue weighted by Gasteiger charge is -2.34. The number of alkyl halides is 1. The molecule has 0 spiro atoms. The summed E-state index contributed by atoms with van der Waals surface area (Å²) in [4.78, 5) is 23.5. The van der Waals surface area contributed by atoms with Crippen molar-refractivity contribution in [1.29, 1.82) is 5.26 Å².